The Morgan fingerprint density at radius 2 is 1.60 bits per heavy atom. The molecule has 114 valence electrons. The summed E-state index contributed by atoms with van der Waals surface area (Å²) >= 11 is 0. The van der Waals surface area contributed by atoms with Crippen molar-refractivity contribution in [2.24, 2.45) is 17.8 Å². The second kappa shape index (κ2) is 8.49. The molecule has 2 aliphatic carbocycles. The maximum atomic E-state index is 3.97. The van der Waals surface area contributed by atoms with E-state index in [2.05, 4.69) is 53.3 Å². The first-order valence-corrected chi connectivity index (χ1v) is 8.36. The molecule has 0 heteroatoms. The van der Waals surface area contributed by atoms with Gasteiger partial charge in [0.15, 0.2) is 0 Å². The average Bonchev–Trinajstić information content (AvgIpc) is 2.40. The van der Waals surface area contributed by atoms with Crippen LogP contribution in [0.4, 0.5) is 0 Å². The van der Waals surface area contributed by atoms with Gasteiger partial charge in [-0.2, -0.15) is 0 Å². The molecule has 0 heterocycles. The van der Waals surface area contributed by atoms with E-state index in [0.29, 0.717) is 0 Å². The van der Waals surface area contributed by atoms with Gasteiger partial charge in [-0.1, -0.05) is 49.3 Å². The third-order valence-corrected chi connectivity index (χ3v) is 4.96. The van der Waals surface area contributed by atoms with Crippen molar-refractivity contribution in [2.75, 3.05) is 0 Å². The summed E-state index contributed by atoms with van der Waals surface area (Å²) < 4.78 is 0. The van der Waals surface area contributed by atoms with Gasteiger partial charge in [0.25, 0.3) is 0 Å². The third-order valence-electron chi connectivity index (χ3n) is 4.96. The fourth-order valence-corrected chi connectivity index (χ4v) is 3.00. The summed E-state index contributed by atoms with van der Waals surface area (Å²) in [5, 5.41) is 0. The zero-order valence-electron chi connectivity index (χ0n) is 14.3. The van der Waals surface area contributed by atoms with Crippen LogP contribution in [0.1, 0.15) is 73.1 Å². The lowest BCUT2D eigenvalue weighted by Gasteiger charge is -2.23. The molecule has 0 fully saturated rings. The normalized spacial score (nSPS) is 26.3. The van der Waals surface area contributed by atoms with Crippen LogP contribution in [0.25, 0.3) is 0 Å². The standard InChI is InChI=1S/C10H18.C10H16/c2*1-8(2)10-6-4-9(3)5-7-10/h4,8,10H,5-7H2,1-3H3;4,10H,1,5-7H2,2-3H3. The monoisotopic (exact) mass is 274 g/mol. The van der Waals surface area contributed by atoms with E-state index in [9.17, 15) is 0 Å². The molecular formula is C20H34. The number of hydrogen-bond acceptors (Lipinski definition) is 0. The zero-order chi connectivity index (χ0) is 15.1. The van der Waals surface area contributed by atoms with Crippen LogP contribution >= 0.6 is 0 Å². The Bertz CT molecular complexity index is 367. The van der Waals surface area contributed by atoms with Crippen molar-refractivity contribution in [3.8, 4) is 0 Å². The summed E-state index contributed by atoms with van der Waals surface area (Å²) in [4.78, 5) is 0. The van der Waals surface area contributed by atoms with Crippen LogP contribution in [-0.4, -0.2) is 0 Å². The molecule has 0 radical (unpaired) electrons. The average molecular weight is 274 g/mol. The van der Waals surface area contributed by atoms with Gasteiger partial charge < -0.3 is 0 Å². The second-order valence-electron chi connectivity index (χ2n) is 7.20. The number of hydrogen-bond donors (Lipinski definition) is 0. The minimum Gasteiger partial charge on any atom is -0.0998 e. The fourth-order valence-electron chi connectivity index (χ4n) is 3.00. The van der Waals surface area contributed by atoms with Crippen LogP contribution < -0.4 is 0 Å². The SMILES string of the molecule is C=C(C)C1CC=C(C)CC1.CC1=CCC(C(C)C)CC1. The molecule has 0 N–H and O–H groups in total. The maximum Gasteiger partial charge on any atom is -0.0171 e. The van der Waals surface area contributed by atoms with Crippen molar-refractivity contribution in [1.82, 2.24) is 0 Å². The van der Waals surface area contributed by atoms with Crippen molar-refractivity contribution in [1.29, 1.82) is 0 Å². The van der Waals surface area contributed by atoms with Crippen LogP contribution in [0.15, 0.2) is 35.5 Å². The van der Waals surface area contributed by atoms with E-state index in [1.54, 1.807) is 11.1 Å². The molecule has 2 aliphatic rings. The molecule has 0 amide bonds. The highest BCUT2D eigenvalue weighted by molar-refractivity contribution is 5.09. The molecule has 2 unspecified atom stereocenters. The smallest absolute Gasteiger partial charge is 0.0171 e. The van der Waals surface area contributed by atoms with E-state index >= 15 is 0 Å². The van der Waals surface area contributed by atoms with Crippen molar-refractivity contribution >= 4 is 0 Å². The zero-order valence-corrected chi connectivity index (χ0v) is 14.3. The van der Waals surface area contributed by atoms with E-state index in [1.165, 1.54) is 44.1 Å². The quantitative estimate of drug-likeness (QED) is 0.492. The van der Waals surface area contributed by atoms with E-state index < -0.39 is 0 Å². The highest BCUT2D eigenvalue weighted by Crippen LogP contribution is 2.28. The van der Waals surface area contributed by atoms with Gasteiger partial charge in [-0.15, -0.1) is 0 Å². The van der Waals surface area contributed by atoms with E-state index in [1.807, 2.05) is 0 Å². The Hall–Kier alpha value is -0.780. The predicted molar refractivity (Wildman–Crippen MR) is 91.8 cm³/mol. The minimum absolute atomic E-state index is 0.767. The van der Waals surface area contributed by atoms with Crippen LogP contribution in [0.2, 0.25) is 0 Å². The van der Waals surface area contributed by atoms with Gasteiger partial charge in [0.2, 0.25) is 0 Å². The molecule has 20 heavy (non-hydrogen) atoms. The summed E-state index contributed by atoms with van der Waals surface area (Å²) in [6, 6.07) is 0. The van der Waals surface area contributed by atoms with E-state index in [4.69, 9.17) is 0 Å². The molecule has 0 saturated heterocycles. The molecule has 2 atom stereocenters. The molecule has 0 aliphatic heterocycles. The molecule has 0 bridgehead atoms. The Labute approximate surface area is 127 Å². The summed E-state index contributed by atoms with van der Waals surface area (Å²) in [7, 11) is 0. The highest BCUT2D eigenvalue weighted by Gasteiger charge is 2.15. The molecule has 0 aromatic heterocycles. The predicted octanol–water partition coefficient (Wildman–Crippen LogP) is 6.70. The first-order chi connectivity index (χ1) is 9.40. The van der Waals surface area contributed by atoms with Crippen molar-refractivity contribution < 1.29 is 0 Å². The lowest BCUT2D eigenvalue weighted by molar-refractivity contribution is 0.350. The highest BCUT2D eigenvalue weighted by atomic mass is 14.2. The van der Waals surface area contributed by atoms with Crippen molar-refractivity contribution in [2.45, 2.75) is 73.1 Å². The molecule has 0 spiro atoms. The molecule has 2 rings (SSSR count). The second-order valence-corrected chi connectivity index (χ2v) is 7.20. The maximum absolute atomic E-state index is 3.97. The van der Waals surface area contributed by atoms with Gasteiger partial charge in [-0.05, 0) is 77.0 Å². The molecular weight excluding hydrogens is 240 g/mol. The lowest BCUT2D eigenvalue weighted by atomic mass is 9.83. The first kappa shape index (κ1) is 17.3. The first-order valence-electron chi connectivity index (χ1n) is 8.36. The number of rotatable bonds is 2. The minimum atomic E-state index is 0.767. The van der Waals surface area contributed by atoms with Crippen molar-refractivity contribution in [3.63, 3.8) is 0 Å². The van der Waals surface area contributed by atoms with Gasteiger partial charge in [0.1, 0.15) is 0 Å². The lowest BCUT2D eigenvalue weighted by Crippen LogP contribution is -2.10. The molecule has 0 aromatic carbocycles. The summed E-state index contributed by atoms with van der Waals surface area (Å²) in [6.07, 6.45) is 12.7. The van der Waals surface area contributed by atoms with Gasteiger partial charge in [-0.25, -0.2) is 0 Å². The van der Waals surface area contributed by atoms with Crippen LogP contribution in [0.5, 0.6) is 0 Å². The Morgan fingerprint density at radius 1 is 1.05 bits per heavy atom. The van der Waals surface area contributed by atoms with E-state index in [0.717, 1.165) is 17.8 Å². The fraction of sp³-hybridized carbons (Fsp3) is 0.700. The van der Waals surface area contributed by atoms with Crippen LogP contribution in [0, 0.1) is 17.8 Å². The number of allylic oxidation sites excluding steroid dienone is 5. The van der Waals surface area contributed by atoms with E-state index in [-0.39, 0.29) is 0 Å². The van der Waals surface area contributed by atoms with Gasteiger partial charge in [0.05, 0.1) is 0 Å². The Kier molecular flexibility index (Phi) is 7.34. The Morgan fingerprint density at radius 3 is 1.95 bits per heavy atom. The topological polar surface area (TPSA) is 0 Å². The molecule has 0 saturated carbocycles. The van der Waals surface area contributed by atoms with Crippen molar-refractivity contribution in [3.05, 3.63) is 35.5 Å². The Balaban J connectivity index is 0.000000200. The van der Waals surface area contributed by atoms with Gasteiger partial charge >= 0.3 is 0 Å². The summed E-state index contributed by atoms with van der Waals surface area (Å²) in [5.41, 5.74) is 4.50. The van der Waals surface area contributed by atoms with Gasteiger partial charge in [-0.3, -0.25) is 0 Å². The molecule has 0 aromatic rings. The summed E-state index contributed by atoms with van der Waals surface area (Å²) in [6.45, 7) is 15.2. The third kappa shape index (κ3) is 6.11. The van der Waals surface area contributed by atoms with Gasteiger partial charge in [0, 0.05) is 0 Å². The molecule has 0 nitrogen and oxygen atoms in total. The largest absolute Gasteiger partial charge is 0.0998 e. The summed E-state index contributed by atoms with van der Waals surface area (Å²) in [5.74, 6) is 2.61. The van der Waals surface area contributed by atoms with Crippen LogP contribution in [-0.2, 0) is 0 Å². The van der Waals surface area contributed by atoms with Crippen LogP contribution in [0.3, 0.4) is 0 Å².